The Morgan fingerprint density at radius 3 is 2.90 bits per heavy atom. The lowest BCUT2D eigenvalue weighted by Gasteiger charge is -2.09. The van der Waals surface area contributed by atoms with Gasteiger partial charge in [0.25, 0.3) is 0 Å². The lowest BCUT2D eigenvalue weighted by atomic mass is 10.2. The quantitative estimate of drug-likeness (QED) is 0.831. The van der Waals surface area contributed by atoms with E-state index in [0.717, 1.165) is 30.8 Å². The molecule has 2 rings (SSSR count). The zero-order valence-electron chi connectivity index (χ0n) is 11.1. The average molecular weight is 319 g/mol. The molecule has 0 radical (unpaired) electrons. The van der Waals surface area contributed by atoms with Crippen LogP contribution in [0.5, 0.6) is 0 Å². The van der Waals surface area contributed by atoms with Crippen LogP contribution in [0, 0.1) is 6.92 Å². The van der Waals surface area contributed by atoms with Crippen molar-refractivity contribution in [3.05, 3.63) is 16.5 Å². The number of sulfonamides is 1. The van der Waals surface area contributed by atoms with Crippen LogP contribution in [0.1, 0.15) is 34.5 Å². The largest absolute Gasteiger partial charge is 0.477 e. The van der Waals surface area contributed by atoms with Gasteiger partial charge < -0.3 is 9.84 Å². The number of carbonyl (C=O) groups is 1. The number of nitrogens with one attached hydrogen (secondary N) is 1. The van der Waals surface area contributed by atoms with Crippen molar-refractivity contribution < 1.29 is 23.1 Å². The van der Waals surface area contributed by atoms with Crippen molar-refractivity contribution in [1.82, 2.24) is 4.72 Å². The third kappa shape index (κ3) is 3.57. The summed E-state index contributed by atoms with van der Waals surface area (Å²) >= 11 is 0.776. The molecule has 1 aliphatic heterocycles. The van der Waals surface area contributed by atoms with Crippen LogP contribution in [-0.4, -0.2) is 38.7 Å². The summed E-state index contributed by atoms with van der Waals surface area (Å²) in [6, 6.07) is 1.39. The Kier molecular flexibility index (Phi) is 4.79. The molecule has 0 aliphatic carbocycles. The molecule has 1 aromatic rings. The molecule has 0 saturated carbocycles. The van der Waals surface area contributed by atoms with E-state index in [1.807, 2.05) is 0 Å². The highest BCUT2D eigenvalue weighted by molar-refractivity contribution is 7.91. The normalized spacial score (nSPS) is 19.4. The molecule has 1 aromatic heterocycles. The zero-order chi connectivity index (χ0) is 14.8. The van der Waals surface area contributed by atoms with Gasteiger partial charge in [0.2, 0.25) is 10.0 Å². The van der Waals surface area contributed by atoms with Gasteiger partial charge in [0.05, 0.1) is 6.10 Å². The van der Waals surface area contributed by atoms with Gasteiger partial charge in [-0.2, -0.15) is 0 Å². The number of carboxylic acid groups (broad SMARTS) is 1. The molecule has 0 spiro atoms. The van der Waals surface area contributed by atoms with Gasteiger partial charge >= 0.3 is 5.97 Å². The Hall–Kier alpha value is -0.960. The molecule has 2 N–H and O–H groups in total. The van der Waals surface area contributed by atoms with Gasteiger partial charge in [-0.05, 0) is 37.8 Å². The minimum atomic E-state index is -3.64. The highest BCUT2D eigenvalue weighted by Crippen LogP contribution is 2.26. The van der Waals surface area contributed by atoms with Gasteiger partial charge in [-0.1, -0.05) is 0 Å². The first kappa shape index (κ1) is 15.4. The van der Waals surface area contributed by atoms with Gasteiger partial charge in [0.15, 0.2) is 0 Å². The molecule has 1 aliphatic rings. The summed E-state index contributed by atoms with van der Waals surface area (Å²) in [6.45, 7) is 2.63. The predicted octanol–water partition coefficient (Wildman–Crippen LogP) is 1.60. The monoisotopic (exact) mass is 319 g/mol. The molecule has 112 valence electrons. The number of aromatic carboxylic acids is 1. The molecule has 0 amide bonds. The molecule has 1 unspecified atom stereocenters. The maximum Gasteiger partial charge on any atom is 0.346 e. The Balaban J connectivity index is 1.98. The van der Waals surface area contributed by atoms with Crippen LogP contribution in [0.3, 0.4) is 0 Å². The van der Waals surface area contributed by atoms with E-state index in [2.05, 4.69) is 4.72 Å². The fourth-order valence-electron chi connectivity index (χ4n) is 2.10. The number of thiophene rings is 1. The van der Waals surface area contributed by atoms with E-state index in [4.69, 9.17) is 9.84 Å². The Morgan fingerprint density at radius 2 is 2.35 bits per heavy atom. The molecule has 1 saturated heterocycles. The number of hydrogen-bond donors (Lipinski definition) is 2. The van der Waals surface area contributed by atoms with Crippen molar-refractivity contribution in [1.29, 1.82) is 0 Å². The average Bonchev–Trinajstić information content (AvgIpc) is 2.98. The van der Waals surface area contributed by atoms with Crippen LogP contribution < -0.4 is 4.72 Å². The zero-order valence-corrected chi connectivity index (χ0v) is 12.7. The summed E-state index contributed by atoms with van der Waals surface area (Å²) < 4.78 is 32.1. The third-order valence-electron chi connectivity index (χ3n) is 3.14. The van der Waals surface area contributed by atoms with Gasteiger partial charge in [-0.3, -0.25) is 0 Å². The second-order valence-electron chi connectivity index (χ2n) is 4.70. The molecule has 20 heavy (non-hydrogen) atoms. The molecule has 0 aromatic carbocycles. The minimum Gasteiger partial charge on any atom is -0.477 e. The van der Waals surface area contributed by atoms with E-state index in [-0.39, 0.29) is 15.2 Å². The van der Waals surface area contributed by atoms with Crippen LogP contribution in [0.15, 0.2) is 10.3 Å². The first-order valence-corrected chi connectivity index (χ1v) is 8.65. The highest BCUT2D eigenvalue weighted by Gasteiger charge is 2.22. The van der Waals surface area contributed by atoms with Gasteiger partial charge in [0.1, 0.15) is 9.09 Å². The smallest absolute Gasteiger partial charge is 0.346 e. The molecule has 1 atom stereocenters. The first-order valence-electron chi connectivity index (χ1n) is 6.35. The molecular weight excluding hydrogens is 302 g/mol. The van der Waals surface area contributed by atoms with Crippen LogP contribution in [-0.2, 0) is 14.8 Å². The van der Waals surface area contributed by atoms with Crippen molar-refractivity contribution in [3.8, 4) is 0 Å². The van der Waals surface area contributed by atoms with E-state index in [1.54, 1.807) is 6.92 Å². The lowest BCUT2D eigenvalue weighted by molar-refractivity contribution is 0.0701. The molecule has 6 nitrogen and oxygen atoms in total. The highest BCUT2D eigenvalue weighted by atomic mass is 32.2. The fraction of sp³-hybridized carbons (Fsp3) is 0.583. The topological polar surface area (TPSA) is 92.7 Å². The number of carboxylic acids is 1. The maximum atomic E-state index is 12.1. The summed E-state index contributed by atoms with van der Waals surface area (Å²) in [5, 5.41) is 8.94. The number of ether oxygens (including phenoxy) is 1. The predicted molar refractivity (Wildman–Crippen MR) is 74.8 cm³/mol. The lowest BCUT2D eigenvalue weighted by Crippen LogP contribution is -2.26. The summed E-state index contributed by atoms with van der Waals surface area (Å²) in [5.41, 5.74) is 0.460. The fourth-order valence-corrected chi connectivity index (χ4v) is 4.57. The summed E-state index contributed by atoms with van der Waals surface area (Å²) in [5.74, 6) is -1.10. The van der Waals surface area contributed by atoms with Crippen molar-refractivity contribution >= 4 is 27.3 Å². The third-order valence-corrected chi connectivity index (χ3v) is 6.30. The molecule has 0 bridgehead atoms. The second kappa shape index (κ2) is 6.21. The Labute approximate surface area is 121 Å². The van der Waals surface area contributed by atoms with E-state index in [1.165, 1.54) is 6.07 Å². The van der Waals surface area contributed by atoms with Crippen molar-refractivity contribution in [2.45, 2.75) is 36.5 Å². The van der Waals surface area contributed by atoms with E-state index >= 15 is 0 Å². The summed E-state index contributed by atoms with van der Waals surface area (Å²) in [7, 11) is -3.64. The van der Waals surface area contributed by atoms with E-state index in [9.17, 15) is 13.2 Å². The molecule has 2 heterocycles. The summed E-state index contributed by atoms with van der Waals surface area (Å²) in [4.78, 5) is 11.0. The Morgan fingerprint density at radius 1 is 1.60 bits per heavy atom. The van der Waals surface area contributed by atoms with Crippen LogP contribution in [0.2, 0.25) is 0 Å². The number of rotatable bonds is 6. The first-order chi connectivity index (χ1) is 9.40. The van der Waals surface area contributed by atoms with Crippen molar-refractivity contribution in [3.63, 3.8) is 0 Å². The molecule has 8 heteroatoms. The van der Waals surface area contributed by atoms with E-state index < -0.39 is 16.0 Å². The molecular formula is C12H17NO5S2. The number of aryl methyl sites for hydroxylation is 1. The standard InChI is InChI=1S/C12H17NO5S2/c1-8-7-10(19-11(8)12(14)15)20(16,17)13-5-4-9-3-2-6-18-9/h7,9,13H,2-6H2,1H3,(H,14,15). The van der Waals surface area contributed by atoms with Crippen LogP contribution in [0.25, 0.3) is 0 Å². The second-order valence-corrected chi connectivity index (χ2v) is 7.75. The summed E-state index contributed by atoms with van der Waals surface area (Å²) in [6.07, 6.45) is 2.74. The van der Waals surface area contributed by atoms with Crippen molar-refractivity contribution in [2.75, 3.05) is 13.2 Å². The van der Waals surface area contributed by atoms with Crippen LogP contribution >= 0.6 is 11.3 Å². The van der Waals surface area contributed by atoms with E-state index in [0.29, 0.717) is 18.5 Å². The van der Waals surface area contributed by atoms with Crippen LogP contribution in [0.4, 0.5) is 0 Å². The maximum absolute atomic E-state index is 12.1. The van der Waals surface area contributed by atoms with Gasteiger partial charge in [-0.15, -0.1) is 11.3 Å². The van der Waals surface area contributed by atoms with Gasteiger partial charge in [0, 0.05) is 13.2 Å². The van der Waals surface area contributed by atoms with Crippen molar-refractivity contribution in [2.24, 2.45) is 0 Å². The molecule has 1 fully saturated rings. The van der Waals surface area contributed by atoms with Gasteiger partial charge in [-0.25, -0.2) is 17.9 Å². The Bertz CT molecular complexity index is 587. The minimum absolute atomic E-state index is 0.0414. The number of hydrogen-bond acceptors (Lipinski definition) is 5. The SMILES string of the molecule is Cc1cc(S(=O)(=O)NCCC2CCCO2)sc1C(=O)O.